The van der Waals surface area contributed by atoms with Crippen molar-refractivity contribution in [3.63, 3.8) is 0 Å². The summed E-state index contributed by atoms with van der Waals surface area (Å²) in [6.07, 6.45) is 2.89. The number of hydrogen-bond donors (Lipinski definition) is 0. The van der Waals surface area contributed by atoms with Crippen LogP contribution in [0.2, 0.25) is 0 Å². The molecule has 0 N–H and O–H groups in total. The standard InChI is InChI=1S/C17H26N4O/c1-5-20-7-6-12(9-20)15(22)21-10-13-8-18-16(17(2,3)4)19-14(13)11-21/h8,12H,5-7,9-11H2,1-4H3/t12-/m0/s1. The molecule has 1 fully saturated rings. The molecule has 3 heterocycles. The van der Waals surface area contributed by atoms with E-state index in [9.17, 15) is 4.79 Å². The molecule has 2 aliphatic heterocycles. The van der Waals surface area contributed by atoms with Crippen LogP contribution in [0.4, 0.5) is 0 Å². The van der Waals surface area contributed by atoms with Crippen LogP contribution < -0.4 is 0 Å². The fourth-order valence-corrected chi connectivity index (χ4v) is 3.25. The third kappa shape index (κ3) is 2.86. The van der Waals surface area contributed by atoms with Gasteiger partial charge in [-0.1, -0.05) is 27.7 Å². The van der Waals surface area contributed by atoms with E-state index in [0.717, 1.165) is 43.1 Å². The number of carbonyl (C=O) groups excluding carboxylic acids is 1. The predicted molar refractivity (Wildman–Crippen MR) is 85.2 cm³/mol. The lowest BCUT2D eigenvalue weighted by molar-refractivity contribution is -0.135. The second kappa shape index (κ2) is 5.61. The van der Waals surface area contributed by atoms with Gasteiger partial charge < -0.3 is 9.80 Å². The molecule has 5 heteroatoms. The van der Waals surface area contributed by atoms with Crippen LogP contribution in [0, 0.1) is 5.92 Å². The fourth-order valence-electron chi connectivity index (χ4n) is 3.25. The molecule has 120 valence electrons. The molecule has 0 aromatic carbocycles. The summed E-state index contributed by atoms with van der Waals surface area (Å²) >= 11 is 0. The van der Waals surface area contributed by atoms with Crippen LogP contribution in [-0.4, -0.2) is 45.3 Å². The first-order chi connectivity index (χ1) is 10.4. The van der Waals surface area contributed by atoms with E-state index in [2.05, 4.69) is 37.6 Å². The van der Waals surface area contributed by atoms with E-state index in [4.69, 9.17) is 4.98 Å². The molecule has 0 saturated carbocycles. The zero-order chi connectivity index (χ0) is 15.9. The Morgan fingerprint density at radius 1 is 1.36 bits per heavy atom. The molecule has 0 spiro atoms. The molecule has 1 aromatic rings. The maximum atomic E-state index is 12.7. The van der Waals surface area contributed by atoms with E-state index in [0.29, 0.717) is 13.1 Å². The summed E-state index contributed by atoms with van der Waals surface area (Å²) in [6.45, 7) is 12.8. The van der Waals surface area contributed by atoms with Crippen LogP contribution >= 0.6 is 0 Å². The molecule has 3 rings (SSSR count). The van der Waals surface area contributed by atoms with Gasteiger partial charge >= 0.3 is 0 Å². The minimum atomic E-state index is -0.0560. The Balaban J connectivity index is 1.70. The molecule has 1 atom stereocenters. The number of fused-ring (bicyclic) bond motifs is 1. The summed E-state index contributed by atoms with van der Waals surface area (Å²) in [5.41, 5.74) is 2.07. The third-order valence-electron chi connectivity index (χ3n) is 4.71. The Hall–Kier alpha value is -1.49. The monoisotopic (exact) mass is 302 g/mol. The first-order valence-corrected chi connectivity index (χ1v) is 8.25. The summed E-state index contributed by atoms with van der Waals surface area (Å²) in [6, 6.07) is 0. The largest absolute Gasteiger partial charge is 0.332 e. The van der Waals surface area contributed by atoms with Crippen LogP contribution in [0.1, 0.15) is 51.2 Å². The van der Waals surface area contributed by atoms with E-state index in [1.54, 1.807) is 0 Å². The lowest BCUT2D eigenvalue weighted by atomic mass is 9.95. The van der Waals surface area contributed by atoms with Gasteiger partial charge in [-0.2, -0.15) is 0 Å². The molecular weight excluding hydrogens is 276 g/mol. The summed E-state index contributed by atoms with van der Waals surface area (Å²) in [5, 5.41) is 0. The quantitative estimate of drug-likeness (QED) is 0.838. The maximum Gasteiger partial charge on any atom is 0.227 e. The normalized spacial score (nSPS) is 22.2. The van der Waals surface area contributed by atoms with Crippen LogP contribution in [0.3, 0.4) is 0 Å². The number of likely N-dealkylation sites (tertiary alicyclic amines) is 1. The first-order valence-electron chi connectivity index (χ1n) is 8.25. The van der Waals surface area contributed by atoms with Gasteiger partial charge in [0.1, 0.15) is 5.82 Å². The van der Waals surface area contributed by atoms with Gasteiger partial charge in [-0.05, 0) is 19.5 Å². The van der Waals surface area contributed by atoms with Crippen LogP contribution in [0.5, 0.6) is 0 Å². The van der Waals surface area contributed by atoms with Crippen molar-refractivity contribution < 1.29 is 4.79 Å². The molecule has 5 nitrogen and oxygen atoms in total. The van der Waals surface area contributed by atoms with Crippen molar-refractivity contribution in [2.45, 2.75) is 52.6 Å². The summed E-state index contributed by atoms with van der Waals surface area (Å²) in [7, 11) is 0. The highest BCUT2D eigenvalue weighted by Gasteiger charge is 2.34. The highest BCUT2D eigenvalue weighted by Crippen LogP contribution is 2.27. The molecule has 0 unspecified atom stereocenters. The number of nitrogens with zero attached hydrogens (tertiary/aromatic N) is 4. The number of amides is 1. The Morgan fingerprint density at radius 2 is 2.14 bits per heavy atom. The maximum absolute atomic E-state index is 12.7. The number of hydrogen-bond acceptors (Lipinski definition) is 4. The Bertz CT molecular complexity index is 579. The molecule has 0 bridgehead atoms. The smallest absolute Gasteiger partial charge is 0.227 e. The van der Waals surface area contributed by atoms with Gasteiger partial charge in [0.15, 0.2) is 0 Å². The van der Waals surface area contributed by atoms with Gasteiger partial charge in [0.2, 0.25) is 5.91 Å². The molecule has 1 aromatic heterocycles. The van der Waals surface area contributed by atoms with Gasteiger partial charge in [0.05, 0.1) is 18.2 Å². The minimum absolute atomic E-state index is 0.0560. The van der Waals surface area contributed by atoms with E-state index >= 15 is 0 Å². The zero-order valence-electron chi connectivity index (χ0n) is 14.1. The van der Waals surface area contributed by atoms with Crippen molar-refractivity contribution in [3.05, 3.63) is 23.3 Å². The van der Waals surface area contributed by atoms with Crippen molar-refractivity contribution in [3.8, 4) is 0 Å². The second-order valence-corrected chi connectivity index (χ2v) is 7.49. The number of carbonyl (C=O) groups is 1. The second-order valence-electron chi connectivity index (χ2n) is 7.49. The molecular formula is C17H26N4O. The minimum Gasteiger partial charge on any atom is -0.332 e. The molecule has 0 radical (unpaired) electrons. The van der Waals surface area contributed by atoms with Crippen molar-refractivity contribution in [2.75, 3.05) is 19.6 Å². The van der Waals surface area contributed by atoms with Gasteiger partial charge in [0.25, 0.3) is 0 Å². The Labute approximate surface area is 132 Å². The van der Waals surface area contributed by atoms with E-state index in [1.165, 1.54) is 0 Å². The highest BCUT2D eigenvalue weighted by atomic mass is 16.2. The number of aromatic nitrogens is 2. The zero-order valence-corrected chi connectivity index (χ0v) is 14.1. The van der Waals surface area contributed by atoms with E-state index < -0.39 is 0 Å². The fraction of sp³-hybridized carbons (Fsp3) is 0.706. The lowest BCUT2D eigenvalue weighted by Gasteiger charge is -2.20. The van der Waals surface area contributed by atoms with Crippen molar-refractivity contribution in [2.24, 2.45) is 5.92 Å². The number of rotatable bonds is 2. The van der Waals surface area contributed by atoms with Crippen molar-refractivity contribution in [1.82, 2.24) is 19.8 Å². The molecule has 0 aliphatic carbocycles. The van der Waals surface area contributed by atoms with Crippen molar-refractivity contribution >= 4 is 5.91 Å². The Morgan fingerprint density at radius 3 is 2.77 bits per heavy atom. The average molecular weight is 302 g/mol. The predicted octanol–water partition coefficient (Wildman–Crippen LogP) is 1.96. The molecule has 22 heavy (non-hydrogen) atoms. The first kappa shape index (κ1) is 15.4. The molecule has 1 saturated heterocycles. The Kier molecular flexibility index (Phi) is 3.93. The van der Waals surface area contributed by atoms with E-state index in [-0.39, 0.29) is 17.2 Å². The topological polar surface area (TPSA) is 49.3 Å². The lowest BCUT2D eigenvalue weighted by Crippen LogP contribution is -2.33. The van der Waals surface area contributed by atoms with Gasteiger partial charge in [-0.3, -0.25) is 4.79 Å². The van der Waals surface area contributed by atoms with Gasteiger partial charge in [-0.25, -0.2) is 9.97 Å². The third-order valence-corrected chi connectivity index (χ3v) is 4.71. The average Bonchev–Trinajstić information content (AvgIpc) is 3.11. The SMILES string of the molecule is CCN1CC[C@H](C(=O)N2Cc3cnc(C(C)(C)C)nc3C2)C1. The molecule has 2 aliphatic rings. The van der Waals surface area contributed by atoms with Crippen LogP contribution in [-0.2, 0) is 23.3 Å². The molecule has 1 amide bonds. The summed E-state index contributed by atoms with van der Waals surface area (Å²) in [5.74, 6) is 1.30. The highest BCUT2D eigenvalue weighted by molar-refractivity contribution is 5.80. The van der Waals surface area contributed by atoms with Gasteiger partial charge in [-0.15, -0.1) is 0 Å². The van der Waals surface area contributed by atoms with Crippen molar-refractivity contribution in [1.29, 1.82) is 0 Å². The van der Waals surface area contributed by atoms with Gasteiger partial charge in [0, 0.05) is 30.3 Å². The summed E-state index contributed by atoms with van der Waals surface area (Å²) < 4.78 is 0. The summed E-state index contributed by atoms with van der Waals surface area (Å²) in [4.78, 5) is 26.2. The van der Waals surface area contributed by atoms with E-state index in [1.807, 2.05) is 11.1 Å². The van der Waals surface area contributed by atoms with Crippen LogP contribution in [0.15, 0.2) is 6.20 Å². The van der Waals surface area contributed by atoms with Crippen LogP contribution in [0.25, 0.3) is 0 Å².